The van der Waals surface area contributed by atoms with Gasteiger partial charge in [-0.3, -0.25) is 0 Å². The molecule has 0 bridgehead atoms. The third kappa shape index (κ3) is 4.07. The molecule has 0 aromatic heterocycles. The molecule has 1 fully saturated rings. The van der Waals surface area contributed by atoms with Crippen LogP contribution in [0.3, 0.4) is 0 Å². The maximum atomic E-state index is 5.52. The molecule has 1 N–H and O–H groups in total. The van der Waals surface area contributed by atoms with Gasteiger partial charge >= 0.3 is 0 Å². The van der Waals surface area contributed by atoms with Gasteiger partial charge in [0.15, 0.2) is 0 Å². The van der Waals surface area contributed by atoms with Crippen LogP contribution >= 0.6 is 0 Å². The third-order valence-corrected chi connectivity index (χ3v) is 2.34. The van der Waals surface area contributed by atoms with Gasteiger partial charge in [-0.2, -0.15) is 0 Å². The van der Waals surface area contributed by atoms with Crippen LogP contribution < -0.4 is 5.32 Å². The first-order valence-corrected chi connectivity index (χ1v) is 4.99. The zero-order chi connectivity index (χ0) is 9.73. The first-order chi connectivity index (χ1) is 6.14. The highest BCUT2D eigenvalue weighted by Crippen LogP contribution is 2.12. The van der Waals surface area contributed by atoms with Crippen molar-refractivity contribution in [1.82, 2.24) is 5.32 Å². The van der Waals surface area contributed by atoms with Crippen LogP contribution in [0.2, 0.25) is 0 Å². The maximum absolute atomic E-state index is 5.52. The Morgan fingerprint density at radius 3 is 2.85 bits per heavy atom. The van der Waals surface area contributed by atoms with Crippen LogP contribution in [0, 0.1) is 0 Å². The van der Waals surface area contributed by atoms with Gasteiger partial charge in [-0.25, -0.2) is 0 Å². The Kier molecular flexibility index (Phi) is 4.16. The summed E-state index contributed by atoms with van der Waals surface area (Å²) < 4.78 is 10.6. The summed E-state index contributed by atoms with van der Waals surface area (Å²) in [6.45, 7) is 6.89. The van der Waals surface area contributed by atoms with Gasteiger partial charge in [0.25, 0.3) is 0 Å². The highest BCUT2D eigenvalue weighted by molar-refractivity contribution is 4.79. The Morgan fingerprint density at radius 1 is 1.54 bits per heavy atom. The van der Waals surface area contributed by atoms with E-state index in [0.717, 1.165) is 19.8 Å². The number of hydrogen-bond donors (Lipinski definition) is 1. The van der Waals surface area contributed by atoms with Crippen molar-refractivity contribution in [2.75, 3.05) is 26.9 Å². The van der Waals surface area contributed by atoms with Crippen molar-refractivity contribution in [2.45, 2.75) is 38.3 Å². The van der Waals surface area contributed by atoms with Gasteiger partial charge in [0.2, 0.25) is 0 Å². The number of methoxy groups -OCH3 is 1. The van der Waals surface area contributed by atoms with Crippen molar-refractivity contribution >= 4 is 0 Å². The van der Waals surface area contributed by atoms with Gasteiger partial charge in [0, 0.05) is 25.8 Å². The lowest BCUT2D eigenvalue weighted by Gasteiger charge is -2.26. The fourth-order valence-electron chi connectivity index (χ4n) is 1.61. The Hall–Kier alpha value is -0.120. The van der Waals surface area contributed by atoms with E-state index in [1.54, 1.807) is 7.11 Å². The van der Waals surface area contributed by atoms with Crippen LogP contribution in [0.15, 0.2) is 0 Å². The van der Waals surface area contributed by atoms with E-state index in [0.29, 0.717) is 6.10 Å². The fraction of sp³-hybridized carbons (Fsp3) is 1.00. The molecule has 0 amide bonds. The third-order valence-electron chi connectivity index (χ3n) is 2.34. The summed E-state index contributed by atoms with van der Waals surface area (Å²) in [4.78, 5) is 0. The lowest BCUT2D eigenvalue weighted by Crippen LogP contribution is -2.46. The highest BCUT2D eigenvalue weighted by Gasteiger charge is 2.21. The van der Waals surface area contributed by atoms with Crippen LogP contribution in [-0.2, 0) is 9.47 Å². The molecule has 3 nitrogen and oxygen atoms in total. The summed E-state index contributed by atoms with van der Waals surface area (Å²) in [5.41, 5.74) is 0.0563. The Morgan fingerprint density at radius 2 is 2.31 bits per heavy atom. The summed E-state index contributed by atoms with van der Waals surface area (Å²) in [5, 5.41) is 3.45. The van der Waals surface area contributed by atoms with Gasteiger partial charge in [-0.1, -0.05) is 0 Å². The van der Waals surface area contributed by atoms with E-state index in [9.17, 15) is 0 Å². The van der Waals surface area contributed by atoms with E-state index in [1.165, 1.54) is 12.8 Å². The molecule has 13 heavy (non-hydrogen) atoms. The standard InChI is InChI=1S/C10H21NO2/c1-10(2,8-12-3)11-7-9-5-4-6-13-9/h9,11H,4-8H2,1-3H3. The minimum atomic E-state index is 0.0563. The molecular formula is C10H21NO2. The largest absolute Gasteiger partial charge is 0.383 e. The van der Waals surface area contributed by atoms with E-state index in [-0.39, 0.29) is 5.54 Å². The van der Waals surface area contributed by atoms with Crippen molar-refractivity contribution in [3.63, 3.8) is 0 Å². The number of nitrogens with one attached hydrogen (secondary N) is 1. The number of hydrogen-bond acceptors (Lipinski definition) is 3. The molecule has 0 radical (unpaired) electrons. The molecule has 0 spiro atoms. The van der Waals surface area contributed by atoms with Crippen molar-refractivity contribution in [3.8, 4) is 0 Å². The molecule has 0 saturated carbocycles. The molecule has 3 heteroatoms. The van der Waals surface area contributed by atoms with E-state index in [4.69, 9.17) is 9.47 Å². The van der Waals surface area contributed by atoms with E-state index < -0.39 is 0 Å². The van der Waals surface area contributed by atoms with E-state index in [2.05, 4.69) is 19.2 Å². The van der Waals surface area contributed by atoms with E-state index >= 15 is 0 Å². The number of ether oxygens (including phenoxy) is 2. The Bertz CT molecular complexity index is 142. The first kappa shape index (κ1) is 11.0. The molecule has 1 atom stereocenters. The predicted molar refractivity (Wildman–Crippen MR) is 52.9 cm³/mol. The highest BCUT2D eigenvalue weighted by atomic mass is 16.5. The zero-order valence-electron chi connectivity index (χ0n) is 8.93. The molecule has 78 valence electrons. The summed E-state index contributed by atoms with van der Waals surface area (Å²) >= 11 is 0. The van der Waals surface area contributed by atoms with Crippen molar-refractivity contribution in [3.05, 3.63) is 0 Å². The fourth-order valence-corrected chi connectivity index (χ4v) is 1.61. The molecule has 1 unspecified atom stereocenters. The van der Waals surface area contributed by atoms with E-state index in [1.807, 2.05) is 0 Å². The smallest absolute Gasteiger partial charge is 0.0700 e. The SMILES string of the molecule is COCC(C)(C)NCC1CCCO1. The van der Waals surface area contributed by atoms with Gasteiger partial charge in [0.05, 0.1) is 12.7 Å². The zero-order valence-corrected chi connectivity index (χ0v) is 8.93. The Balaban J connectivity index is 2.15. The second kappa shape index (κ2) is 4.94. The molecule has 1 rings (SSSR count). The van der Waals surface area contributed by atoms with Gasteiger partial charge in [-0.15, -0.1) is 0 Å². The molecule has 1 heterocycles. The van der Waals surface area contributed by atoms with Gasteiger partial charge in [0.1, 0.15) is 0 Å². The summed E-state index contributed by atoms with van der Waals surface area (Å²) in [6, 6.07) is 0. The summed E-state index contributed by atoms with van der Waals surface area (Å²) in [7, 11) is 1.73. The topological polar surface area (TPSA) is 30.5 Å². The first-order valence-electron chi connectivity index (χ1n) is 4.99. The van der Waals surface area contributed by atoms with Crippen LogP contribution in [0.25, 0.3) is 0 Å². The molecule has 0 aromatic carbocycles. The van der Waals surface area contributed by atoms with Crippen LogP contribution in [0.5, 0.6) is 0 Å². The van der Waals surface area contributed by atoms with Gasteiger partial charge in [-0.05, 0) is 26.7 Å². The minimum absolute atomic E-state index is 0.0563. The van der Waals surface area contributed by atoms with Crippen LogP contribution in [0.4, 0.5) is 0 Å². The molecule has 1 aliphatic heterocycles. The lowest BCUT2D eigenvalue weighted by molar-refractivity contribution is 0.0847. The summed E-state index contributed by atoms with van der Waals surface area (Å²) in [5.74, 6) is 0. The quantitative estimate of drug-likeness (QED) is 0.701. The van der Waals surface area contributed by atoms with Crippen molar-refractivity contribution < 1.29 is 9.47 Å². The summed E-state index contributed by atoms with van der Waals surface area (Å²) in [6.07, 6.45) is 2.81. The average Bonchev–Trinajstić information content (AvgIpc) is 2.52. The average molecular weight is 187 g/mol. The second-order valence-corrected chi connectivity index (χ2v) is 4.33. The van der Waals surface area contributed by atoms with Crippen molar-refractivity contribution in [2.24, 2.45) is 0 Å². The van der Waals surface area contributed by atoms with Crippen LogP contribution in [0.1, 0.15) is 26.7 Å². The lowest BCUT2D eigenvalue weighted by atomic mass is 10.1. The molecule has 0 aliphatic carbocycles. The van der Waals surface area contributed by atoms with Gasteiger partial charge < -0.3 is 14.8 Å². The second-order valence-electron chi connectivity index (χ2n) is 4.33. The minimum Gasteiger partial charge on any atom is -0.383 e. The van der Waals surface area contributed by atoms with Crippen molar-refractivity contribution in [1.29, 1.82) is 0 Å². The monoisotopic (exact) mass is 187 g/mol. The normalized spacial score (nSPS) is 23.8. The maximum Gasteiger partial charge on any atom is 0.0700 e. The van der Waals surface area contributed by atoms with Crippen LogP contribution in [-0.4, -0.2) is 38.5 Å². The molecule has 0 aromatic rings. The number of rotatable bonds is 5. The Labute approximate surface area is 80.8 Å². The predicted octanol–water partition coefficient (Wildman–Crippen LogP) is 1.18. The molecule has 1 aliphatic rings. The molecular weight excluding hydrogens is 166 g/mol. The molecule has 1 saturated heterocycles.